The number of aliphatic carboxylic acids is 1. The van der Waals surface area contributed by atoms with Gasteiger partial charge in [0.25, 0.3) is 0 Å². The summed E-state index contributed by atoms with van der Waals surface area (Å²) in [5, 5.41) is 9.77. The van der Waals surface area contributed by atoms with Gasteiger partial charge >= 0.3 is 5.97 Å². The van der Waals surface area contributed by atoms with Crippen LogP contribution in [0.2, 0.25) is 0 Å². The van der Waals surface area contributed by atoms with Crippen molar-refractivity contribution < 1.29 is 14.7 Å². The van der Waals surface area contributed by atoms with Crippen molar-refractivity contribution in [2.24, 2.45) is 29.1 Å². The van der Waals surface area contributed by atoms with E-state index in [9.17, 15) is 14.7 Å². The highest BCUT2D eigenvalue weighted by molar-refractivity contribution is 5.89. The van der Waals surface area contributed by atoms with Gasteiger partial charge in [0.15, 0.2) is 0 Å². The molecule has 3 atom stereocenters. The lowest BCUT2D eigenvalue weighted by atomic mass is 9.49. The zero-order valence-corrected chi connectivity index (χ0v) is 14.5. The third kappa shape index (κ3) is 2.10. The summed E-state index contributed by atoms with van der Waals surface area (Å²) < 4.78 is 0. The minimum absolute atomic E-state index is 0.200. The molecule has 0 aromatic carbocycles. The molecule has 0 spiro atoms. The average molecular weight is 331 g/mol. The SMILES string of the molecule is O=C(O)C1CC2CCCCC2N1C(=O)C12CC3CC(CC(C3)C1)C2. The molecule has 0 aromatic heterocycles. The third-order valence-corrected chi connectivity index (χ3v) is 8.10. The quantitative estimate of drug-likeness (QED) is 0.843. The summed E-state index contributed by atoms with van der Waals surface area (Å²) >= 11 is 0. The lowest BCUT2D eigenvalue weighted by molar-refractivity contribution is -0.166. The Morgan fingerprint density at radius 2 is 1.46 bits per heavy atom. The van der Waals surface area contributed by atoms with Gasteiger partial charge in [0.1, 0.15) is 6.04 Å². The zero-order valence-electron chi connectivity index (χ0n) is 14.5. The molecule has 132 valence electrons. The molecule has 0 aromatic rings. The summed E-state index contributed by atoms with van der Waals surface area (Å²) in [5.74, 6) is 2.08. The number of rotatable bonds is 2. The number of nitrogens with zero attached hydrogens (tertiary/aromatic N) is 1. The number of amides is 1. The van der Waals surface area contributed by atoms with Crippen LogP contribution in [0.3, 0.4) is 0 Å². The predicted molar refractivity (Wildman–Crippen MR) is 89.2 cm³/mol. The Labute approximate surface area is 144 Å². The van der Waals surface area contributed by atoms with Crippen molar-refractivity contribution in [3.05, 3.63) is 0 Å². The van der Waals surface area contributed by atoms with Crippen molar-refractivity contribution in [1.29, 1.82) is 0 Å². The number of carbonyl (C=O) groups is 2. The minimum Gasteiger partial charge on any atom is -0.480 e. The average Bonchev–Trinajstić information content (AvgIpc) is 2.92. The number of hydrogen-bond acceptors (Lipinski definition) is 2. The molecule has 1 saturated heterocycles. The van der Waals surface area contributed by atoms with Crippen LogP contribution in [0, 0.1) is 29.1 Å². The van der Waals surface area contributed by atoms with Crippen LogP contribution in [-0.2, 0) is 9.59 Å². The summed E-state index contributed by atoms with van der Waals surface area (Å²) in [4.78, 5) is 27.5. The van der Waals surface area contributed by atoms with Gasteiger partial charge in [-0.2, -0.15) is 0 Å². The maximum atomic E-state index is 13.7. The van der Waals surface area contributed by atoms with Crippen LogP contribution in [0.25, 0.3) is 0 Å². The maximum Gasteiger partial charge on any atom is 0.326 e. The fourth-order valence-corrected chi connectivity index (χ4v) is 7.62. The molecule has 4 heteroatoms. The highest BCUT2D eigenvalue weighted by Gasteiger charge is 2.59. The minimum atomic E-state index is -0.775. The van der Waals surface area contributed by atoms with Crippen LogP contribution < -0.4 is 0 Å². The summed E-state index contributed by atoms with van der Waals surface area (Å²) in [6.45, 7) is 0. The van der Waals surface area contributed by atoms with E-state index in [0.717, 1.165) is 56.3 Å². The molecule has 0 radical (unpaired) electrons. The van der Waals surface area contributed by atoms with Crippen molar-refractivity contribution in [1.82, 2.24) is 4.90 Å². The van der Waals surface area contributed by atoms with E-state index in [1.54, 1.807) is 0 Å². The fourth-order valence-electron chi connectivity index (χ4n) is 7.62. The standard InChI is InChI=1S/C20H29NO3/c22-18(23)17-8-15-3-1-2-4-16(15)21(17)19(24)20-9-12-5-13(10-20)7-14(6-12)11-20/h12-17H,1-11H2,(H,22,23). The van der Waals surface area contributed by atoms with Crippen molar-refractivity contribution in [2.75, 3.05) is 0 Å². The molecule has 1 amide bonds. The molecule has 1 heterocycles. The molecular formula is C20H29NO3. The van der Waals surface area contributed by atoms with E-state index in [2.05, 4.69) is 0 Å². The number of likely N-dealkylation sites (tertiary alicyclic amines) is 1. The second kappa shape index (κ2) is 5.22. The van der Waals surface area contributed by atoms with E-state index < -0.39 is 12.0 Å². The van der Waals surface area contributed by atoms with E-state index in [4.69, 9.17) is 0 Å². The number of fused-ring (bicyclic) bond motifs is 1. The first-order valence-electron chi connectivity index (χ1n) is 10.1. The van der Waals surface area contributed by atoms with Gasteiger partial charge < -0.3 is 10.0 Å². The van der Waals surface area contributed by atoms with Gasteiger partial charge in [0.2, 0.25) is 5.91 Å². The van der Waals surface area contributed by atoms with E-state index in [1.165, 1.54) is 25.7 Å². The Morgan fingerprint density at radius 3 is 2.04 bits per heavy atom. The second-order valence-electron chi connectivity index (χ2n) is 9.61. The van der Waals surface area contributed by atoms with Gasteiger partial charge in [0, 0.05) is 6.04 Å². The molecule has 1 N–H and O–H groups in total. The van der Waals surface area contributed by atoms with Gasteiger partial charge in [-0.25, -0.2) is 4.79 Å². The molecule has 6 aliphatic rings. The normalized spacial score (nSPS) is 49.2. The smallest absolute Gasteiger partial charge is 0.326 e. The molecule has 1 aliphatic heterocycles. The van der Waals surface area contributed by atoms with Gasteiger partial charge in [0.05, 0.1) is 5.41 Å². The number of carboxylic acid groups (broad SMARTS) is 1. The largest absolute Gasteiger partial charge is 0.480 e. The van der Waals surface area contributed by atoms with Crippen LogP contribution in [0.5, 0.6) is 0 Å². The lowest BCUT2D eigenvalue weighted by Gasteiger charge is -2.57. The van der Waals surface area contributed by atoms with Crippen LogP contribution in [0.15, 0.2) is 0 Å². The first kappa shape index (κ1) is 15.2. The van der Waals surface area contributed by atoms with Crippen LogP contribution in [0.4, 0.5) is 0 Å². The Balaban J connectivity index is 1.47. The highest BCUT2D eigenvalue weighted by Crippen LogP contribution is 2.61. The second-order valence-corrected chi connectivity index (χ2v) is 9.61. The van der Waals surface area contributed by atoms with Gasteiger partial charge in [-0.1, -0.05) is 12.8 Å². The van der Waals surface area contributed by atoms with Crippen LogP contribution >= 0.6 is 0 Å². The molecule has 4 nitrogen and oxygen atoms in total. The molecule has 4 bridgehead atoms. The summed E-state index contributed by atoms with van der Waals surface area (Å²) in [7, 11) is 0. The van der Waals surface area contributed by atoms with Crippen molar-refractivity contribution in [3.63, 3.8) is 0 Å². The molecule has 24 heavy (non-hydrogen) atoms. The first-order valence-corrected chi connectivity index (χ1v) is 10.1. The molecule has 5 saturated carbocycles. The molecule has 6 fully saturated rings. The van der Waals surface area contributed by atoms with Gasteiger partial charge in [-0.15, -0.1) is 0 Å². The zero-order chi connectivity index (χ0) is 16.5. The molecule has 5 aliphatic carbocycles. The fraction of sp³-hybridized carbons (Fsp3) is 0.900. The van der Waals surface area contributed by atoms with Crippen LogP contribution in [0.1, 0.15) is 70.6 Å². The number of hydrogen-bond donors (Lipinski definition) is 1. The van der Waals surface area contributed by atoms with E-state index in [0.29, 0.717) is 12.3 Å². The Bertz CT molecular complexity index is 536. The first-order chi connectivity index (χ1) is 11.6. The van der Waals surface area contributed by atoms with E-state index in [1.807, 2.05) is 4.90 Å². The lowest BCUT2D eigenvalue weighted by Crippen LogP contribution is -2.58. The van der Waals surface area contributed by atoms with E-state index in [-0.39, 0.29) is 17.4 Å². The predicted octanol–water partition coefficient (Wildman–Crippen LogP) is 3.45. The molecule has 3 unspecified atom stereocenters. The Hall–Kier alpha value is -1.06. The van der Waals surface area contributed by atoms with Gasteiger partial charge in [-0.05, 0) is 81.5 Å². The monoisotopic (exact) mass is 331 g/mol. The Morgan fingerprint density at radius 1 is 0.875 bits per heavy atom. The third-order valence-electron chi connectivity index (χ3n) is 8.10. The van der Waals surface area contributed by atoms with Crippen molar-refractivity contribution in [2.45, 2.75) is 82.7 Å². The highest BCUT2D eigenvalue weighted by atomic mass is 16.4. The number of carbonyl (C=O) groups excluding carboxylic acids is 1. The van der Waals surface area contributed by atoms with Crippen molar-refractivity contribution >= 4 is 11.9 Å². The van der Waals surface area contributed by atoms with E-state index >= 15 is 0 Å². The molecular weight excluding hydrogens is 302 g/mol. The summed E-state index contributed by atoms with van der Waals surface area (Å²) in [5.41, 5.74) is -0.200. The Kier molecular flexibility index (Phi) is 3.31. The molecule has 6 rings (SSSR count). The number of carboxylic acids is 1. The summed E-state index contributed by atoms with van der Waals surface area (Å²) in [6.07, 6.45) is 12.3. The summed E-state index contributed by atoms with van der Waals surface area (Å²) in [6, 6.07) is -0.348. The maximum absolute atomic E-state index is 13.7. The van der Waals surface area contributed by atoms with Gasteiger partial charge in [-0.3, -0.25) is 4.79 Å². The topological polar surface area (TPSA) is 57.6 Å². The van der Waals surface area contributed by atoms with Crippen LogP contribution in [-0.4, -0.2) is 34.0 Å². The van der Waals surface area contributed by atoms with Crippen molar-refractivity contribution in [3.8, 4) is 0 Å².